The van der Waals surface area contributed by atoms with Crippen molar-refractivity contribution in [1.29, 1.82) is 0 Å². The Bertz CT molecular complexity index is 940. The lowest BCUT2D eigenvalue weighted by molar-refractivity contribution is 0.443. The van der Waals surface area contributed by atoms with Gasteiger partial charge in [-0.2, -0.15) is 5.10 Å². The fourth-order valence-electron chi connectivity index (χ4n) is 4.70. The minimum absolute atomic E-state index is 0.591. The highest BCUT2D eigenvalue weighted by atomic mass is 15.3. The van der Waals surface area contributed by atoms with E-state index in [1.807, 2.05) is 17.9 Å². The van der Waals surface area contributed by atoms with E-state index >= 15 is 0 Å². The first-order chi connectivity index (χ1) is 12.7. The Morgan fingerprint density at radius 1 is 1.08 bits per heavy atom. The van der Waals surface area contributed by atoms with E-state index in [1.165, 1.54) is 17.7 Å². The van der Waals surface area contributed by atoms with Gasteiger partial charge in [-0.25, -0.2) is 9.97 Å². The molecule has 6 heteroatoms. The maximum atomic E-state index is 4.57. The lowest BCUT2D eigenvalue weighted by Gasteiger charge is -2.40. The zero-order valence-electron chi connectivity index (χ0n) is 15.3. The van der Waals surface area contributed by atoms with Crippen LogP contribution in [0.5, 0.6) is 0 Å². The molecule has 0 bridgehead atoms. The minimum Gasteiger partial charge on any atom is -0.365 e. The van der Waals surface area contributed by atoms with Gasteiger partial charge < -0.3 is 9.80 Å². The van der Waals surface area contributed by atoms with Crippen LogP contribution in [0.4, 0.5) is 11.5 Å². The van der Waals surface area contributed by atoms with Gasteiger partial charge in [0.25, 0.3) is 0 Å². The Labute approximate surface area is 153 Å². The van der Waals surface area contributed by atoms with Crippen molar-refractivity contribution in [2.24, 2.45) is 7.05 Å². The second kappa shape index (κ2) is 5.97. The monoisotopic (exact) mass is 348 g/mol. The van der Waals surface area contributed by atoms with Crippen LogP contribution in [0, 0.1) is 0 Å². The number of nitrogens with zero attached hydrogens (tertiary/aromatic N) is 6. The van der Waals surface area contributed by atoms with Crippen LogP contribution in [0.25, 0.3) is 11.0 Å². The number of fused-ring (bicyclic) bond motifs is 2. The Morgan fingerprint density at radius 3 is 2.73 bits per heavy atom. The summed E-state index contributed by atoms with van der Waals surface area (Å²) in [7, 11) is 1.93. The normalized spacial score (nSPS) is 20.8. The highest BCUT2D eigenvalue weighted by molar-refractivity contribution is 5.86. The van der Waals surface area contributed by atoms with Crippen molar-refractivity contribution in [3.8, 4) is 0 Å². The summed E-state index contributed by atoms with van der Waals surface area (Å²) >= 11 is 0. The Balaban J connectivity index is 1.37. The van der Waals surface area contributed by atoms with Gasteiger partial charge in [-0.15, -0.1) is 0 Å². The van der Waals surface area contributed by atoms with Gasteiger partial charge in [0.2, 0.25) is 0 Å². The molecule has 1 saturated heterocycles. The van der Waals surface area contributed by atoms with Crippen molar-refractivity contribution < 1.29 is 0 Å². The zero-order chi connectivity index (χ0) is 17.7. The van der Waals surface area contributed by atoms with E-state index < -0.39 is 0 Å². The molecule has 2 aromatic heterocycles. The second-order valence-corrected chi connectivity index (χ2v) is 7.51. The van der Waals surface area contributed by atoms with Crippen molar-refractivity contribution >= 4 is 22.5 Å². The molecule has 0 unspecified atom stereocenters. The summed E-state index contributed by atoms with van der Waals surface area (Å²) in [5, 5.41) is 5.39. The standard InChI is InChI=1S/C20H24N6/c1-14-11-15-5-3-4-6-18(15)26(14)16-7-9-25(10-8-16)20-17-12-23-24(2)19(17)21-13-22-20/h3-6,12-14,16H,7-11H2,1-2H3/t14-/m0/s1. The van der Waals surface area contributed by atoms with Crippen molar-refractivity contribution in [3.05, 3.63) is 42.4 Å². The number of hydrogen-bond acceptors (Lipinski definition) is 5. The first kappa shape index (κ1) is 15.6. The third-order valence-electron chi connectivity index (χ3n) is 5.93. The van der Waals surface area contributed by atoms with Gasteiger partial charge in [0.05, 0.1) is 11.6 Å². The lowest BCUT2D eigenvalue weighted by Crippen LogP contribution is -2.47. The Kier molecular flexibility index (Phi) is 3.58. The molecule has 4 heterocycles. The van der Waals surface area contributed by atoms with Gasteiger partial charge in [-0.3, -0.25) is 4.68 Å². The van der Waals surface area contributed by atoms with Crippen LogP contribution in [0.2, 0.25) is 0 Å². The van der Waals surface area contributed by atoms with Crippen LogP contribution in [0.1, 0.15) is 25.3 Å². The van der Waals surface area contributed by atoms with Gasteiger partial charge in [0.1, 0.15) is 12.1 Å². The van der Waals surface area contributed by atoms with Gasteiger partial charge in [0.15, 0.2) is 5.65 Å². The van der Waals surface area contributed by atoms with E-state index in [4.69, 9.17) is 0 Å². The third kappa shape index (κ3) is 2.35. The number of aryl methyl sites for hydroxylation is 1. The number of para-hydroxylation sites is 1. The smallest absolute Gasteiger partial charge is 0.163 e. The van der Waals surface area contributed by atoms with Crippen LogP contribution in [-0.2, 0) is 13.5 Å². The third-order valence-corrected chi connectivity index (χ3v) is 5.93. The van der Waals surface area contributed by atoms with E-state index in [2.05, 4.69) is 56.1 Å². The highest BCUT2D eigenvalue weighted by Crippen LogP contribution is 2.36. The predicted molar refractivity (Wildman–Crippen MR) is 104 cm³/mol. The molecule has 1 aromatic carbocycles. The molecule has 5 rings (SSSR count). The van der Waals surface area contributed by atoms with E-state index in [1.54, 1.807) is 6.33 Å². The molecule has 0 N–H and O–H groups in total. The molecule has 2 aliphatic heterocycles. The van der Waals surface area contributed by atoms with Crippen LogP contribution in [0.15, 0.2) is 36.8 Å². The molecule has 2 aliphatic rings. The maximum absolute atomic E-state index is 4.57. The summed E-state index contributed by atoms with van der Waals surface area (Å²) < 4.78 is 1.82. The van der Waals surface area contributed by atoms with Gasteiger partial charge in [-0.1, -0.05) is 18.2 Å². The number of anilines is 2. The summed E-state index contributed by atoms with van der Waals surface area (Å²) in [5.74, 6) is 1.02. The van der Waals surface area contributed by atoms with E-state index in [0.29, 0.717) is 12.1 Å². The molecule has 0 saturated carbocycles. The van der Waals surface area contributed by atoms with Crippen LogP contribution in [0.3, 0.4) is 0 Å². The molecule has 6 nitrogen and oxygen atoms in total. The molecule has 0 amide bonds. The van der Waals surface area contributed by atoms with Crippen molar-refractivity contribution in [3.63, 3.8) is 0 Å². The topological polar surface area (TPSA) is 50.1 Å². The lowest BCUT2D eigenvalue weighted by atomic mass is 10.0. The molecular weight excluding hydrogens is 324 g/mol. The van der Waals surface area contributed by atoms with Crippen molar-refractivity contribution in [2.45, 2.75) is 38.3 Å². The first-order valence-electron chi connectivity index (χ1n) is 9.46. The molecule has 26 heavy (non-hydrogen) atoms. The summed E-state index contributed by atoms with van der Waals surface area (Å²) in [6.45, 7) is 4.41. The maximum Gasteiger partial charge on any atom is 0.163 e. The van der Waals surface area contributed by atoms with Crippen LogP contribution >= 0.6 is 0 Å². The molecule has 3 aromatic rings. The number of aromatic nitrogens is 4. The summed E-state index contributed by atoms with van der Waals surface area (Å²) in [4.78, 5) is 14.0. The van der Waals surface area contributed by atoms with Crippen LogP contribution in [-0.4, -0.2) is 44.9 Å². The quantitative estimate of drug-likeness (QED) is 0.713. The van der Waals surface area contributed by atoms with Crippen LogP contribution < -0.4 is 9.80 Å². The fraction of sp³-hybridized carbons (Fsp3) is 0.450. The van der Waals surface area contributed by atoms with Gasteiger partial charge in [0, 0.05) is 37.9 Å². The average Bonchev–Trinajstić information content (AvgIpc) is 3.21. The average molecular weight is 348 g/mol. The number of piperidine rings is 1. The van der Waals surface area contributed by atoms with E-state index in [-0.39, 0.29) is 0 Å². The molecular formula is C20H24N6. The summed E-state index contributed by atoms with van der Waals surface area (Å²) in [6.07, 6.45) is 7.02. The predicted octanol–water partition coefficient (Wildman–Crippen LogP) is 2.78. The molecule has 134 valence electrons. The molecule has 0 aliphatic carbocycles. The Morgan fingerprint density at radius 2 is 1.88 bits per heavy atom. The van der Waals surface area contributed by atoms with Crippen molar-refractivity contribution in [2.75, 3.05) is 22.9 Å². The number of hydrogen-bond donors (Lipinski definition) is 0. The second-order valence-electron chi connectivity index (χ2n) is 7.51. The number of benzene rings is 1. The zero-order valence-corrected chi connectivity index (χ0v) is 15.3. The minimum atomic E-state index is 0.591. The Hall–Kier alpha value is -2.63. The SMILES string of the molecule is C[C@H]1Cc2ccccc2N1C1CCN(c2ncnc3c2cnn3C)CC1. The molecule has 0 radical (unpaired) electrons. The van der Waals surface area contributed by atoms with E-state index in [0.717, 1.165) is 42.8 Å². The summed E-state index contributed by atoms with van der Waals surface area (Å²) in [6, 6.07) is 10.1. The van der Waals surface area contributed by atoms with Gasteiger partial charge >= 0.3 is 0 Å². The van der Waals surface area contributed by atoms with Gasteiger partial charge in [-0.05, 0) is 37.8 Å². The fourth-order valence-corrected chi connectivity index (χ4v) is 4.70. The largest absolute Gasteiger partial charge is 0.365 e. The molecule has 0 spiro atoms. The van der Waals surface area contributed by atoms with Crippen molar-refractivity contribution in [1.82, 2.24) is 19.7 Å². The van der Waals surface area contributed by atoms with E-state index in [9.17, 15) is 0 Å². The molecule has 1 atom stereocenters. The summed E-state index contributed by atoms with van der Waals surface area (Å²) in [5.41, 5.74) is 3.84. The highest BCUT2D eigenvalue weighted by Gasteiger charge is 2.33. The number of rotatable bonds is 2. The first-order valence-corrected chi connectivity index (χ1v) is 9.46. The molecule has 1 fully saturated rings.